The van der Waals surface area contributed by atoms with E-state index in [4.69, 9.17) is 14.6 Å². The van der Waals surface area contributed by atoms with Crippen molar-refractivity contribution < 1.29 is 32.6 Å². The minimum Gasteiger partial charge on any atom is -0.497 e. The van der Waals surface area contributed by atoms with Crippen LogP contribution in [0.15, 0.2) is 24.3 Å². The summed E-state index contributed by atoms with van der Waals surface area (Å²) in [6, 6.07) is 6.03. The molecule has 0 bridgehead atoms. The second kappa shape index (κ2) is 7.07. The standard InChI is InChI=1S/C13H16O7S/c1-19-10-5-3-4-9(8-10)11(12(14)15)13(16)20-6-7-21(2,17)18/h3-5,8,11H,6-7H2,1-2H3,(H,14,15). The predicted octanol–water partition coefficient (Wildman–Crippen LogP) is 0.451. The summed E-state index contributed by atoms with van der Waals surface area (Å²) < 4.78 is 31.6. The number of esters is 1. The zero-order chi connectivity index (χ0) is 16.0. The lowest BCUT2D eigenvalue weighted by molar-refractivity contribution is -0.153. The molecule has 116 valence electrons. The number of aliphatic carboxylic acids is 1. The molecule has 0 radical (unpaired) electrons. The first-order valence-corrected chi connectivity index (χ1v) is 8.02. The lowest BCUT2D eigenvalue weighted by Crippen LogP contribution is -2.25. The van der Waals surface area contributed by atoms with E-state index in [0.29, 0.717) is 5.75 Å². The third kappa shape index (κ3) is 5.42. The molecule has 1 rings (SSSR count). The summed E-state index contributed by atoms with van der Waals surface area (Å²) in [5.74, 6) is -3.88. The van der Waals surface area contributed by atoms with Gasteiger partial charge < -0.3 is 14.6 Å². The van der Waals surface area contributed by atoms with Crippen LogP contribution < -0.4 is 4.74 Å². The molecule has 1 atom stereocenters. The van der Waals surface area contributed by atoms with Crippen LogP contribution in [-0.2, 0) is 24.2 Å². The van der Waals surface area contributed by atoms with E-state index in [-0.39, 0.29) is 17.9 Å². The van der Waals surface area contributed by atoms with Gasteiger partial charge >= 0.3 is 11.9 Å². The average molecular weight is 316 g/mol. The van der Waals surface area contributed by atoms with Gasteiger partial charge in [-0.2, -0.15) is 0 Å². The zero-order valence-electron chi connectivity index (χ0n) is 11.6. The fourth-order valence-corrected chi connectivity index (χ4v) is 1.96. The number of hydrogen-bond acceptors (Lipinski definition) is 6. The highest BCUT2D eigenvalue weighted by Crippen LogP contribution is 2.22. The third-order valence-corrected chi connectivity index (χ3v) is 3.52. The molecule has 0 fully saturated rings. The van der Waals surface area contributed by atoms with Gasteiger partial charge in [0.05, 0.1) is 12.9 Å². The van der Waals surface area contributed by atoms with Gasteiger partial charge in [-0.05, 0) is 17.7 Å². The van der Waals surface area contributed by atoms with E-state index in [1.165, 1.54) is 19.2 Å². The van der Waals surface area contributed by atoms with Crippen molar-refractivity contribution in [2.75, 3.05) is 25.7 Å². The normalized spacial score (nSPS) is 12.5. The minimum atomic E-state index is -3.29. The van der Waals surface area contributed by atoms with E-state index >= 15 is 0 Å². The highest BCUT2D eigenvalue weighted by molar-refractivity contribution is 7.90. The highest BCUT2D eigenvalue weighted by Gasteiger charge is 2.30. The monoisotopic (exact) mass is 316 g/mol. The number of carboxylic acid groups (broad SMARTS) is 1. The summed E-state index contributed by atoms with van der Waals surface area (Å²) in [5.41, 5.74) is 0.200. The molecule has 0 aliphatic heterocycles. The van der Waals surface area contributed by atoms with Crippen molar-refractivity contribution in [1.29, 1.82) is 0 Å². The van der Waals surface area contributed by atoms with Gasteiger partial charge in [0.2, 0.25) is 0 Å². The van der Waals surface area contributed by atoms with E-state index in [0.717, 1.165) is 6.26 Å². The first-order valence-electron chi connectivity index (χ1n) is 5.95. The predicted molar refractivity (Wildman–Crippen MR) is 74.0 cm³/mol. The van der Waals surface area contributed by atoms with Crippen LogP contribution in [0.2, 0.25) is 0 Å². The summed E-state index contributed by atoms with van der Waals surface area (Å²) in [7, 11) is -1.87. The molecule has 1 aromatic rings. The van der Waals surface area contributed by atoms with Gasteiger partial charge in [-0.15, -0.1) is 0 Å². The summed E-state index contributed by atoms with van der Waals surface area (Å²) in [5, 5.41) is 9.16. The van der Waals surface area contributed by atoms with Gasteiger partial charge in [-0.1, -0.05) is 12.1 Å². The van der Waals surface area contributed by atoms with E-state index in [2.05, 4.69) is 0 Å². The van der Waals surface area contributed by atoms with Gasteiger partial charge in [0, 0.05) is 6.26 Å². The van der Waals surface area contributed by atoms with Crippen LogP contribution in [0.5, 0.6) is 5.75 Å². The van der Waals surface area contributed by atoms with Crippen molar-refractivity contribution >= 4 is 21.8 Å². The first kappa shape index (κ1) is 17.0. The quantitative estimate of drug-likeness (QED) is 0.575. The van der Waals surface area contributed by atoms with Crippen molar-refractivity contribution in [1.82, 2.24) is 0 Å². The van der Waals surface area contributed by atoms with Crippen molar-refractivity contribution in [3.63, 3.8) is 0 Å². The van der Waals surface area contributed by atoms with Crippen LogP contribution >= 0.6 is 0 Å². The molecule has 0 aromatic heterocycles. The molecule has 0 aliphatic carbocycles. The van der Waals surface area contributed by atoms with E-state index in [1.54, 1.807) is 12.1 Å². The average Bonchev–Trinajstić information content (AvgIpc) is 2.37. The maximum atomic E-state index is 11.8. The van der Waals surface area contributed by atoms with E-state index in [1.807, 2.05) is 0 Å². The molecule has 0 aliphatic rings. The van der Waals surface area contributed by atoms with Gasteiger partial charge in [-0.25, -0.2) is 8.42 Å². The number of ether oxygens (including phenoxy) is 2. The Morgan fingerprint density at radius 2 is 2.00 bits per heavy atom. The Hall–Kier alpha value is -2.09. The topological polar surface area (TPSA) is 107 Å². The molecule has 1 N–H and O–H groups in total. The molecular weight excluding hydrogens is 300 g/mol. The van der Waals surface area contributed by atoms with Crippen molar-refractivity contribution in [2.24, 2.45) is 0 Å². The third-order valence-electron chi connectivity index (χ3n) is 2.61. The zero-order valence-corrected chi connectivity index (χ0v) is 12.4. The molecule has 0 heterocycles. The first-order chi connectivity index (χ1) is 9.74. The van der Waals surface area contributed by atoms with Gasteiger partial charge in [-0.3, -0.25) is 9.59 Å². The SMILES string of the molecule is COc1cccc(C(C(=O)O)C(=O)OCCS(C)(=O)=O)c1. The molecule has 1 aromatic carbocycles. The van der Waals surface area contributed by atoms with Crippen LogP contribution in [0.3, 0.4) is 0 Å². The molecule has 21 heavy (non-hydrogen) atoms. The molecule has 0 saturated heterocycles. The lowest BCUT2D eigenvalue weighted by atomic mass is 9.99. The van der Waals surface area contributed by atoms with E-state index < -0.39 is 27.7 Å². The summed E-state index contributed by atoms with van der Waals surface area (Å²) >= 11 is 0. The number of methoxy groups -OCH3 is 1. The fraction of sp³-hybridized carbons (Fsp3) is 0.385. The maximum absolute atomic E-state index is 11.8. The maximum Gasteiger partial charge on any atom is 0.324 e. The Morgan fingerprint density at radius 3 is 2.52 bits per heavy atom. The Labute approximate surface area is 122 Å². The second-order valence-electron chi connectivity index (χ2n) is 4.35. The Balaban J connectivity index is 2.86. The number of sulfone groups is 1. The van der Waals surface area contributed by atoms with Gasteiger partial charge in [0.1, 0.15) is 12.4 Å². The Morgan fingerprint density at radius 1 is 1.33 bits per heavy atom. The van der Waals surface area contributed by atoms with Gasteiger partial charge in [0.25, 0.3) is 0 Å². The second-order valence-corrected chi connectivity index (χ2v) is 6.60. The molecular formula is C13H16O7S. The molecule has 0 amide bonds. The highest BCUT2D eigenvalue weighted by atomic mass is 32.2. The minimum absolute atomic E-state index is 0.200. The smallest absolute Gasteiger partial charge is 0.324 e. The number of rotatable bonds is 7. The summed E-state index contributed by atoms with van der Waals surface area (Å²) in [4.78, 5) is 23.1. The number of benzene rings is 1. The van der Waals surface area contributed by atoms with Crippen LogP contribution in [0.25, 0.3) is 0 Å². The van der Waals surface area contributed by atoms with Crippen LogP contribution in [0.4, 0.5) is 0 Å². The lowest BCUT2D eigenvalue weighted by Gasteiger charge is -2.13. The number of carbonyl (C=O) groups is 2. The van der Waals surface area contributed by atoms with Crippen molar-refractivity contribution in [2.45, 2.75) is 5.92 Å². The molecule has 1 unspecified atom stereocenters. The van der Waals surface area contributed by atoms with Crippen LogP contribution in [0.1, 0.15) is 11.5 Å². The Kier molecular flexibility index (Phi) is 5.71. The summed E-state index contributed by atoms with van der Waals surface area (Å²) in [6.45, 7) is -0.384. The van der Waals surface area contributed by atoms with Crippen molar-refractivity contribution in [3.8, 4) is 5.75 Å². The van der Waals surface area contributed by atoms with E-state index in [9.17, 15) is 18.0 Å². The molecule has 7 nitrogen and oxygen atoms in total. The number of carbonyl (C=O) groups excluding carboxylic acids is 1. The number of hydrogen-bond donors (Lipinski definition) is 1. The fourth-order valence-electron chi connectivity index (χ4n) is 1.58. The van der Waals surface area contributed by atoms with Gasteiger partial charge in [0.15, 0.2) is 15.8 Å². The molecule has 0 saturated carbocycles. The largest absolute Gasteiger partial charge is 0.497 e. The Bertz CT molecular complexity index is 621. The molecule has 0 spiro atoms. The molecule has 8 heteroatoms. The van der Waals surface area contributed by atoms with Crippen LogP contribution in [-0.4, -0.2) is 51.2 Å². The van der Waals surface area contributed by atoms with Crippen LogP contribution in [0, 0.1) is 0 Å². The van der Waals surface area contributed by atoms with Crippen molar-refractivity contribution in [3.05, 3.63) is 29.8 Å². The number of carboxylic acids is 1. The summed E-state index contributed by atoms with van der Waals surface area (Å²) in [6.07, 6.45) is 0.998.